The van der Waals surface area contributed by atoms with Gasteiger partial charge in [-0.25, -0.2) is 0 Å². The fourth-order valence-electron chi connectivity index (χ4n) is 3.23. The minimum Gasteiger partial charge on any atom is -0.394 e. The van der Waals surface area contributed by atoms with E-state index < -0.39 is 0 Å². The highest BCUT2D eigenvalue weighted by Gasteiger charge is 2.25. The maximum absolute atomic E-state index is 12.7. The number of hydrogen-bond acceptors (Lipinski definition) is 4. The van der Waals surface area contributed by atoms with Crippen LogP contribution in [0.25, 0.3) is 0 Å². The number of rotatable bonds is 6. The second-order valence-corrected chi connectivity index (χ2v) is 6.19. The van der Waals surface area contributed by atoms with Crippen molar-refractivity contribution in [2.45, 2.75) is 31.8 Å². The predicted octanol–water partition coefficient (Wildman–Crippen LogP) is 1.81. The number of carbonyl (C=O) groups excluding carboxylic acids is 2. The third kappa shape index (κ3) is 3.83. The fourth-order valence-corrected chi connectivity index (χ4v) is 3.23. The van der Waals surface area contributed by atoms with E-state index in [1.807, 2.05) is 0 Å². The summed E-state index contributed by atoms with van der Waals surface area (Å²) >= 11 is 0. The van der Waals surface area contributed by atoms with Crippen LogP contribution in [-0.4, -0.2) is 33.3 Å². The summed E-state index contributed by atoms with van der Waals surface area (Å²) in [6, 6.07) is 6.67. The number of carbonyl (C=O) groups is 2. The van der Waals surface area contributed by atoms with E-state index in [1.165, 1.54) is 6.08 Å². The van der Waals surface area contributed by atoms with Crippen molar-refractivity contribution in [2.75, 3.05) is 11.9 Å². The zero-order chi connectivity index (χ0) is 18.5. The molecule has 1 aliphatic rings. The van der Waals surface area contributed by atoms with Gasteiger partial charge in [-0.05, 0) is 43.5 Å². The Morgan fingerprint density at radius 3 is 3.04 bits per heavy atom. The van der Waals surface area contributed by atoms with Gasteiger partial charge in [0.1, 0.15) is 0 Å². The van der Waals surface area contributed by atoms with E-state index >= 15 is 0 Å². The van der Waals surface area contributed by atoms with Crippen LogP contribution in [0.4, 0.5) is 5.69 Å². The molecule has 1 aromatic heterocycles. The molecule has 0 radical (unpaired) electrons. The molecule has 136 valence electrons. The number of amides is 2. The molecule has 7 nitrogen and oxygen atoms in total. The van der Waals surface area contributed by atoms with Crippen LogP contribution in [0.15, 0.2) is 43.1 Å². The zero-order valence-corrected chi connectivity index (χ0v) is 14.4. The van der Waals surface area contributed by atoms with Crippen LogP contribution in [-0.2, 0) is 17.8 Å². The molecule has 2 aromatic rings. The fraction of sp³-hybridized carbons (Fsp3) is 0.316. The van der Waals surface area contributed by atoms with Gasteiger partial charge >= 0.3 is 0 Å². The first-order valence-corrected chi connectivity index (χ1v) is 8.62. The third-order valence-electron chi connectivity index (χ3n) is 4.46. The highest BCUT2D eigenvalue weighted by Crippen LogP contribution is 2.30. The molecular weight excluding hydrogens is 332 g/mol. The summed E-state index contributed by atoms with van der Waals surface area (Å²) in [6.45, 7) is 3.91. The van der Waals surface area contributed by atoms with Gasteiger partial charge in [0.25, 0.3) is 5.91 Å². The van der Waals surface area contributed by atoms with E-state index in [1.54, 1.807) is 35.1 Å². The van der Waals surface area contributed by atoms with Gasteiger partial charge in [-0.3, -0.25) is 14.3 Å². The van der Waals surface area contributed by atoms with Crippen molar-refractivity contribution in [1.82, 2.24) is 15.1 Å². The number of fused-ring (bicyclic) bond motifs is 1. The highest BCUT2D eigenvalue weighted by molar-refractivity contribution is 6.00. The summed E-state index contributed by atoms with van der Waals surface area (Å²) in [6.07, 6.45) is 5.64. The average Bonchev–Trinajstić information content (AvgIpc) is 3.06. The van der Waals surface area contributed by atoms with Crippen LogP contribution < -0.4 is 10.6 Å². The van der Waals surface area contributed by atoms with Crippen molar-refractivity contribution in [1.29, 1.82) is 0 Å². The summed E-state index contributed by atoms with van der Waals surface area (Å²) in [5, 5.41) is 19.2. The largest absolute Gasteiger partial charge is 0.394 e. The van der Waals surface area contributed by atoms with Crippen molar-refractivity contribution >= 4 is 17.5 Å². The molecule has 0 saturated carbocycles. The third-order valence-corrected chi connectivity index (χ3v) is 4.46. The van der Waals surface area contributed by atoms with Gasteiger partial charge in [-0.1, -0.05) is 12.6 Å². The second-order valence-electron chi connectivity index (χ2n) is 6.19. The lowest BCUT2D eigenvalue weighted by molar-refractivity contribution is -0.111. The Kier molecular flexibility index (Phi) is 5.48. The van der Waals surface area contributed by atoms with Gasteiger partial charge < -0.3 is 15.7 Å². The van der Waals surface area contributed by atoms with Gasteiger partial charge in [0.15, 0.2) is 0 Å². The first-order valence-electron chi connectivity index (χ1n) is 8.62. The lowest BCUT2D eigenvalue weighted by Crippen LogP contribution is -2.31. The normalized spacial score (nSPS) is 15.8. The topological polar surface area (TPSA) is 96.3 Å². The smallest absolute Gasteiger partial charge is 0.251 e. The van der Waals surface area contributed by atoms with Gasteiger partial charge in [-0.15, -0.1) is 0 Å². The lowest BCUT2D eigenvalue weighted by Gasteiger charge is -2.24. The number of hydrogen-bond donors (Lipinski definition) is 3. The highest BCUT2D eigenvalue weighted by atomic mass is 16.3. The second kappa shape index (κ2) is 7.97. The Labute approximate surface area is 151 Å². The molecular formula is C19H22N4O3. The Morgan fingerprint density at radius 2 is 2.27 bits per heavy atom. The average molecular weight is 354 g/mol. The summed E-state index contributed by atoms with van der Waals surface area (Å²) in [5.74, 6) is -0.525. The molecule has 26 heavy (non-hydrogen) atoms. The molecule has 1 heterocycles. The lowest BCUT2D eigenvalue weighted by atomic mass is 9.92. The van der Waals surface area contributed by atoms with Gasteiger partial charge in [0.05, 0.1) is 25.4 Å². The molecule has 7 heteroatoms. The van der Waals surface area contributed by atoms with Crippen LogP contribution in [0.3, 0.4) is 0 Å². The molecule has 3 rings (SSSR count). The first-order chi connectivity index (χ1) is 12.6. The predicted molar refractivity (Wildman–Crippen MR) is 97.7 cm³/mol. The minimum atomic E-state index is -0.323. The number of aliphatic hydroxyl groups is 1. The zero-order valence-electron chi connectivity index (χ0n) is 14.4. The summed E-state index contributed by atoms with van der Waals surface area (Å²) in [4.78, 5) is 24.1. The standard InChI is InChI=1S/C19H22N4O3/c1-2-18(25)21-14-6-3-5-13(11-14)19(26)22-16-7-4-8-17-15(16)12-20-23(17)9-10-24/h2-3,5-6,11-12,16,24H,1,4,7-10H2,(H,21,25)(H,22,26). The molecule has 0 fully saturated rings. The molecule has 1 atom stereocenters. The molecule has 3 N–H and O–H groups in total. The van der Waals surface area contributed by atoms with E-state index in [2.05, 4.69) is 22.3 Å². The Hall–Kier alpha value is -2.93. The number of benzene rings is 1. The quantitative estimate of drug-likeness (QED) is 0.689. The monoisotopic (exact) mass is 354 g/mol. The Bertz CT molecular complexity index is 828. The van der Waals surface area contributed by atoms with Crippen molar-refractivity contribution in [3.8, 4) is 0 Å². The molecule has 2 amide bonds. The van der Waals surface area contributed by atoms with Gasteiger partial charge in [0.2, 0.25) is 5.91 Å². The maximum atomic E-state index is 12.7. The maximum Gasteiger partial charge on any atom is 0.251 e. The molecule has 1 unspecified atom stereocenters. The van der Waals surface area contributed by atoms with Crippen molar-refractivity contribution in [3.05, 3.63) is 59.9 Å². The van der Waals surface area contributed by atoms with Crippen LogP contribution in [0.2, 0.25) is 0 Å². The molecule has 1 aromatic carbocycles. The van der Waals surface area contributed by atoms with E-state index in [0.717, 1.165) is 30.5 Å². The van der Waals surface area contributed by atoms with Gasteiger partial charge in [-0.2, -0.15) is 5.10 Å². The van der Waals surface area contributed by atoms with Crippen molar-refractivity contribution < 1.29 is 14.7 Å². The molecule has 0 bridgehead atoms. The molecule has 0 saturated heterocycles. The molecule has 0 aliphatic heterocycles. The molecule has 1 aliphatic carbocycles. The number of anilines is 1. The van der Waals surface area contributed by atoms with Crippen molar-refractivity contribution in [2.24, 2.45) is 0 Å². The number of nitrogens with one attached hydrogen (secondary N) is 2. The number of nitrogens with zero attached hydrogens (tertiary/aromatic N) is 2. The van der Waals surface area contributed by atoms with Crippen LogP contribution in [0.5, 0.6) is 0 Å². The Balaban J connectivity index is 1.74. The van der Waals surface area contributed by atoms with Crippen molar-refractivity contribution in [3.63, 3.8) is 0 Å². The summed E-state index contributed by atoms with van der Waals surface area (Å²) in [7, 11) is 0. The minimum absolute atomic E-state index is 0.0361. The van der Waals surface area contributed by atoms with Crippen LogP contribution >= 0.6 is 0 Å². The molecule has 0 spiro atoms. The van der Waals surface area contributed by atoms with Crippen LogP contribution in [0, 0.1) is 0 Å². The Morgan fingerprint density at radius 1 is 1.42 bits per heavy atom. The number of aliphatic hydroxyl groups excluding tert-OH is 1. The van der Waals surface area contributed by atoms with E-state index in [-0.39, 0.29) is 24.5 Å². The SMILES string of the molecule is C=CC(=O)Nc1cccc(C(=O)NC2CCCc3c2cnn3CCO)c1. The number of aromatic nitrogens is 2. The first kappa shape index (κ1) is 17.9. The summed E-state index contributed by atoms with van der Waals surface area (Å²) < 4.78 is 1.80. The van der Waals surface area contributed by atoms with E-state index in [0.29, 0.717) is 17.8 Å². The van der Waals surface area contributed by atoms with Gasteiger partial charge in [0, 0.05) is 22.5 Å². The van der Waals surface area contributed by atoms with E-state index in [9.17, 15) is 9.59 Å². The van der Waals surface area contributed by atoms with E-state index in [4.69, 9.17) is 5.11 Å². The van der Waals surface area contributed by atoms with Crippen LogP contribution in [0.1, 0.15) is 40.5 Å². The summed E-state index contributed by atoms with van der Waals surface area (Å²) in [5.41, 5.74) is 3.10.